The van der Waals surface area contributed by atoms with Gasteiger partial charge in [-0.2, -0.15) is 0 Å². The first-order valence-corrected chi connectivity index (χ1v) is 8.38. The van der Waals surface area contributed by atoms with E-state index < -0.39 is 54.6 Å². The number of hydrogen-bond donors (Lipinski definition) is 6. The zero-order valence-electron chi connectivity index (χ0n) is 14.4. The third kappa shape index (κ3) is 3.91. The minimum absolute atomic E-state index is 0.0971. The van der Waals surface area contributed by atoms with Gasteiger partial charge in [0.15, 0.2) is 6.29 Å². The van der Waals surface area contributed by atoms with Gasteiger partial charge in [0.2, 0.25) is 0 Å². The lowest BCUT2D eigenvalue weighted by Gasteiger charge is -2.47. The molecule has 1 saturated carbocycles. The van der Waals surface area contributed by atoms with Crippen LogP contribution in [0.2, 0.25) is 0 Å². The molecule has 0 aromatic rings. The number of aliphatic hydroxyl groups is 6. The molecule has 0 radical (unpaired) electrons. The standard InChI is InChI=1S/C16H30O8/c1-15(2,8-4-5-16(3,22)10(18)6-8)24-14-13(21)12(20)11(19)9(7-17)23-14/h8-14,17-22H,4-7H2,1-3H3/t8-,9+,10+,11+,12-,13+,14-,16-/m0/s1. The minimum atomic E-state index is -1.49. The molecule has 0 spiro atoms. The predicted molar refractivity (Wildman–Crippen MR) is 82.9 cm³/mol. The van der Waals surface area contributed by atoms with E-state index in [0.717, 1.165) is 0 Å². The molecule has 1 saturated heterocycles. The van der Waals surface area contributed by atoms with Crippen LogP contribution in [0.15, 0.2) is 0 Å². The van der Waals surface area contributed by atoms with Crippen molar-refractivity contribution in [1.82, 2.24) is 0 Å². The van der Waals surface area contributed by atoms with Gasteiger partial charge in [-0.05, 0) is 46.0 Å². The van der Waals surface area contributed by atoms with Crippen molar-refractivity contribution in [2.24, 2.45) is 5.92 Å². The summed E-state index contributed by atoms with van der Waals surface area (Å²) in [7, 11) is 0. The Bertz CT molecular complexity index is 424. The fourth-order valence-electron chi connectivity index (χ4n) is 3.47. The zero-order chi connectivity index (χ0) is 18.3. The van der Waals surface area contributed by atoms with Crippen LogP contribution in [-0.2, 0) is 9.47 Å². The molecular weight excluding hydrogens is 320 g/mol. The molecule has 2 aliphatic rings. The molecule has 0 aromatic heterocycles. The number of ether oxygens (including phenoxy) is 2. The molecule has 8 heteroatoms. The van der Waals surface area contributed by atoms with Crippen LogP contribution in [0.3, 0.4) is 0 Å². The monoisotopic (exact) mass is 350 g/mol. The first kappa shape index (κ1) is 20.0. The average molecular weight is 350 g/mol. The summed E-state index contributed by atoms with van der Waals surface area (Å²) in [6, 6.07) is 0. The van der Waals surface area contributed by atoms with Gasteiger partial charge in [-0.1, -0.05) is 0 Å². The van der Waals surface area contributed by atoms with Crippen molar-refractivity contribution < 1.29 is 40.1 Å². The van der Waals surface area contributed by atoms with Crippen molar-refractivity contribution in [3.63, 3.8) is 0 Å². The summed E-state index contributed by atoms with van der Waals surface area (Å²) in [4.78, 5) is 0. The molecule has 1 aliphatic carbocycles. The average Bonchev–Trinajstić information content (AvgIpc) is 2.50. The highest BCUT2D eigenvalue weighted by atomic mass is 16.7. The molecule has 2 rings (SSSR count). The Labute approximate surface area is 141 Å². The number of aliphatic hydroxyl groups excluding tert-OH is 5. The normalized spacial score (nSPS) is 47.6. The predicted octanol–water partition coefficient (Wildman–Crippen LogP) is -1.51. The second-order valence-electron chi connectivity index (χ2n) is 7.76. The number of rotatable bonds is 4. The summed E-state index contributed by atoms with van der Waals surface area (Å²) >= 11 is 0. The highest BCUT2D eigenvalue weighted by molar-refractivity contribution is 4.96. The highest BCUT2D eigenvalue weighted by Crippen LogP contribution is 2.40. The van der Waals surface area contributed by atoms with E-state index in [-0.39, 0.29) is 5.92 Å². The summed E-state index contributed by atoms with van der Waals surface area (Å²) in [5.74, 6) is -0.0971. The Morgan fingerprint density at radius 2 is 1.75 bits per heavy atom. The van der Waals surface area contributed by atoms with Crippen molar-refractivity contribution in [3.05, 3.63) is 0 Å². The van der Waals surface area contributed by atoms with Gasteiger partial charge in [0.25, 0.3) is 0 Å². The van der Waals surface area contributed by atoms with E-state index in [0.29, 0.717) is 19.3 Å². The third-order valence-corrected chi connectivity index (χ3v) is 5.48. The van der Waals surface area contributed by atoms with Crippen molar-refractivity contribution >= 4 is 0 Å². The Kier molecular flexibility index (Phi) is 5.94. The van der Waals surface area contributed by atoms with Crippen LogP contribution < -0.4 is 0 Å². The summed E-state index contributed by atoms with van der Waals surface area (Å²) in [5.41, 5.74) is -1.94. The van der Waals surface area contributed by atoms with E-state index in [1.807, 2.05) is 0 Å². The van der Waals surface area contributed by atoms with Crippen molar-refractivity contribution in [1.29, 1.82) is 0 Å². The molecule has 8 nitrogen and oxygen atoms in total. The summed E-state index contributed by atoms with van der Waals surface area (Å²) in [5, 5.41) is 59.1. The van der Waals surface area contributed by atoms with Crippen molar-refractivity contribution in [2.45, 2.75) is 88.0 Å². The largest absolute Gasteiger partial charge is 0.394 e. The lowest BCUT2D eigenvalue weighted by atomic mass is 9.71. The zero-order valence-corrected chi connectivity index (χ0v) is 14.4. The second-order valence-corrected chi connectivity index (χ2v) is 7.76. The maximum absolute atomic E-state index is 10.1. The van der Waals surface area contributed by atoms with Crippen LogP contribution in [0.4, 0.5) is 0 Å². The van der Waals surface area contributed by atoms with E-state index >= 15 is 0 Å². The first-order valence-electron chi connectivity index (χ1n) is 8.38. The second kappa shape index (κ2) is 7.13. The van der Waals surface area contributed by atoms with Gasteiger partial charge in [-0.15, -0.1) is 0 Å². The van der Waals surface area contributed by atoms with Crippen molar-refractivity contribution in [2.75, 3.05) is 6.61 Å². The van der Waals surface area contributed by atoms with Gasteiger partial charge in [0.1, 0.15) is 24.4 Å². The Morgan fingerprint density at radius 1 is 1.12 bits per heavy atom. The third-order valence-electron chi connectivity index (χ3n) is 5.48. The van der Waals surface area contributed by atoms with Crippen LogP contribution >= 0.6 is 0 Å². The van der Waals surface area contributed by atoms with Gasteiger partial charge in [0.05, 0.1) is 23.9 Å². The summed E-state index contributed by atoms with van der Waals surface area (Å²) in [6.45, 7) is 4.65. The lowest BCUT2D eigenvalue weighted by Crippen LogP contribution is -2.61. The maximum atomic E-state index is 10.1. The fraction of sp³-hybridized carbons (Fsp3) is 1.00. The Balaban J connectivity index is 2.05. The lowest BCUT2D eigenvalue weighted by molar-refractivity contribution is -0.330. The molecule has 1 aliphatic heterocycles. The Morgan fingerprint density at radius 3 is 2.29 bits per heavy atom. The molecule has 24 heavy (non-hydrogen) atoms. The van der Waals surface area contributed by atoms with Gasteiger partial charge < -0.3 is 40.1 Å². The van der Waals surface area contributed by atoms with Crippen LogP contribution in [0.5, 0.6) is 0 Å². The van der Waals surface area contributed by atoms with Crippen LogP contribution in [0.1, 0.15) is 40.0 Å². The quantitative estimate of drug-likeness (QED) is 0.360. The molecule has 8 atom stereocenters. The number of hydrogen-bond acceptors (Lipinski definition) is 8. The molecule has 0 unspecified atom stereocenters. The molecule has 142 valence electrons. The molecule has 1 heterocycles. The van der Waals surface area contributed by atoms with Gasteiger partial charge in [-0.3, -0.25) is 0 Å². The summed E-state index contributed by atoms with van der Waals surface area (Å²) < 4.78 is 11.2. The van der Waals surface area contributed by atoms with Crippen LogP contribution in [-0.4, -0.2) is 85.3 Å². The van der Waals surface area contributed by atoms with Crippen molar-refractivity contribution in [3.8, 4) is 0 Å². The van der Waals surface area contributed by atoms with E-state index in [1.54, 1.807) is 20.8 Å². The van der Waals surface area contributed by atoms with E-state index in [1.165, 1.54) is 0 Å². The molecule has 2 fully saturated rings. The summed E-state index contributed by atoms with van der Waals surface area (Å²) in [6.07, 6.45) is -6.13. The smallest absolute Gasteiger partial charge is 0.187 e. The molecule has 0 amide bonds. The first-order chi connectivity index (χ1) is 11.0. The maximum Gasteiger partial charge on any atom is 0.187 e. The molecule has 0 aromatic carbocycles. The highest BCUT2D eigenvalue weighted by Gasteiger charge is 2.48. The van der Waals surface area contributed by atoms with E-state index in [2.05, 4.69) is 0 Å². The minimum Gasteiger partial charge on any atom is -0.394 e. The Hall–Kier alpha value is -0.320. The van der Waals surface area contributed by atoms with Crippen LogP contribution in [0.25, 0.3) is 0 Å². The van der Waals surface area contributed by atoms with E-state index in [9.17, 15) is 30.6 Å². The van der Waals surface area contributed by atoms with Crippen LogP contribution in [0, 0.1) is 5.92 Å². The molecule has 0 bridgehead atoms. The van der Waals surface area contributed by atoms with Gasteiger partial charge >= 0.3 is 0 Å². The topological polar surface area (TPSA) is 140 Å². The fourth-order valence-corrected chi connectivity index (χ4v) is 3.47. The van der Waals surface area contributed by atoms with Gasteiger partial charge in [-0.25, -0.2) is 0 Å². The molecule has 6 N–H and O–H groups in total. The molecular formula is C16H30O8. The SMILES string of the molecule is CC(C)(O[C@@H]1O[C@H](CO)[C@@H](O)[C@H](O)[C@H]1O)[C@H]1CC[C@](C)(O)[C@H](O)C1. The van der Waals surface area contributed by atoms with E-state index in [4.69, 9.17) is 9.47 Å². The van der Waals surface area contributed by atoms with Gasteiger partial charge in [0, 0.05) is 0 Å².